The summed E-state index contributed by atoms with van der Waals surface area (Å²) in [6.45, 7) is 11.4. The molecule has 0 heterocycles. The number of fused-ring (bicyclic) bond motifs is 1. The van der Waals surface area contributed by atoms with Crippen molar-refractivity contribution in [2.75, 3.05) is 0 Å². The second-order valence-corrected chi connectivity index (χ2v) is 8.61. The van der Waals surface area contributed by atoms with Crippen LogP contribution in [-0.4, -0.2) is 11.1 Å². The highest BCUT2D eigenvalue weighted by Gasteiger charge is 2.37. The zero-order valence-corrected chi connectivity index (χ0v) is 16.4. The summed E-state index contributed by atoms with van der Waals surface area (Å²) in [4.78, 5) is 11.1. The Balaban J connectivity index is 2.07. The van der Waals surface area contributed by atoms with Crippen molar-refractivity contribution in [3.63, 3.8) is 0 Å². The molecule has 0 aliphatic heterocycles. The standard InChI is InChI=1S/C24H28O2/c1-6-19(16-7-9-17(10-8-16)22(25)26)18-11-12-20-21(15-18)24(4,5)14-13-23(20,2)3/h6-12,15H,13-14H2,1-5H3,(H,25,26)/b19-6-. The van der Waals surface area contributed by atoms with Crippen LogP contribution in [0, 0.1) is 0 Å². The van der Waals surface area contributed by atoms with Crippen molar-refractivity contribution in [2.24, 2.45) is 0 Å². The Morgan fingerprint density at radius 2 is 1.35 bits per heavy atom. The molecule has 0 fully saturated rings. The average Bonchev–Trinajstić information content (AvgIpc) is 2.60. The van der Waals surface area contributed by atoms with E-state index in [1.54, 1.807) is 12.1 Å². The van der Waals surface area contributed by atoms with Gasteiger partial charge in [0.1, 0.15) is 0 Å². The number of hydrogen-bond acceptors (Lipinski definition) is 1. The molecule has 0 aromatic heterocycles. The third kappa shape index (κ3) is 3.21. The fourth-order valence-electron chi connectivity index (χ4n) is 4.05. The summed E-state index contributed by atoms with van der Waals surface area (Å²) in [5.41, 5.74) is 6.98. The van der Waals surface area contributed by atoms with Crippen molar-refractivity contribution >= 4 is 11.5 Å². The van der Waals surface area contributed by atoms with Gasteiger partial charge in [-0.1, -0.05) is 64.1 Å². The van der Waals surface area contributed by atoms with E-state index in [4.69, 9.17) is 5.11 Å². The molecule has 2 aromatic rings. The summed E-state index contributed by atoms with van der Waals surface area (Å²) in [6.07, 6.45) is 4.51. The first-order valence-electron chi connectivity index (χ1n) is 9.31. The van der Waals surface area contributed by atoms with Gasteiger partial charge in [0.05, 0.1) is 5.56 Å². The van der Waals surface area contributed by atoms with Gasteiger partial charge in [-0.2, -0.15) is 0 Å². The molecule has 0 amide bonds. The van der Waals surface area contributed by atoms with Crippen LogP contribution in [0.1, 0.15) is 80.1 Å². The number of rotatable bonds is 3. The molecule has 3 rings (SSSR count). The van der Waals surface area contributed by atoms with Gasteiger partial charge >= 0.3 is 5.97 Å². The Kier molecular flexibility index (Phi) is 4.56. The lowest BCUT2D eigenvalue weighted by molar-refractivity contribution is 0.0697. The summed E-state index contributed by atoms with van der Waals surface area (Å²) < 4.78 is 0. The Hall–Kier alpha value is -2.35. The number of carboxylic acid groups (broad SMARTS) is 1. The molecule has 1 aliphatic rings. The Labute approximate surface area is 156 Å². The lowest BCUT2D eigenvalue weighted by Gasteiger charge is -2.42. The molecule has 0 saturated heterocycles. The molecular formula is C24H28O2. The van der Waals surface area contributed by atoms with Gasteiger partial charge in [-0.3, -0.25) is 0 Å². The van der Waals surface area contributed by atoms with Crippen molar-refractivity contribution in [1.82, 2.24) is 0 Å². The number of carboxylic acids is 1. The van der Waals surface area contributed by atoms with Crippen LogP contribution >= 0.6 is 0 Å². The minimum atomic E-state index is -0.892. The number of hydrogen-bond donors (Lipinski definition) is 1. The van der Waals surface area contributed by atoms with Crippen LogP contribution in [0.2, 0.25) is 0 Å². The third-order valence-electron chi connectivity index (χ3n) is 5.90. The maximum absolute atomic E-state index is 11.1. The molecule has 2 aromatic carbocycles. The molecule has 2 heteroatoms. The van der Waals surface area contributed by atoms with Gasteiger partial charge in [0.2, 0.25) is 0 Å². The maximum Gasteiger partial charge on any atom is 0.335 e. The van der Waals surface area contributed by atoms with Crippen LogP contribution in [0.4, 0.5) is 0 Å². The molecule has 0 spiro atoms. The topological polar surface area (TPSA) is 37.3 Å². The summed E-state index contributed by atoms with van der Waals surface area (Å²) in [5, 5.41) is 9.11. The largest absolute Gasteiger partial charge is 0.478 e. The summed E-state index contributed by atoms with van der Waals surface area (Å²) in [5.74, 6) is -0.892. The molecule has 1 aliphatic carbocycles. The minimum Gasteiger partial charge on any atom is -0.478 e. The highest BCUT2D eigenvalue weighted by molar-refractivity contribution is 5.89. The van der Waals surface area contributed by atoms with Crippen LogP contribution in [-0.2, 0) is 10.8 Å². The number of carbonyl (C=O) groups is 1. The van der Waals surface area contributed by atoms with Gasteiger partial charge in [0.15, 0.2) is 0 Å². The van der Waals surface area contributed by atoms with Crippen LogP contribution in [0.3, 0.4) is 0 Å². The van der Waals surface area contributed by atoms with Crippen LogP contribution < -0.4 is 0 Å². The van der Waals surface area contributed by atoms with E-state index in [1.165, 1.54) is 29.5 Å². The molecule has 2 nitrogen and oxygen atoms in total. The molecule has 0 unspecified atom stereocenters. The molecule has 0 bridgehead atoms. The van der Waals surface area contributed by atoms with Crippen LogP contribution in [0.15, 0.2) is 48.5 Å². The van der Waals surface area contributed by atoms with Crippen molar-refractivity contribution in [2.45, 2.75) is 58.3 Å². The van der Waals surface area contributed by atoms with E-state index in [1.807, 2.05) is 19.1 Å². The fourth-order valence-corrected chi connectivity index (χ4v) is 4.05. The van der Waals surface area contributed by atoms with Crippen molar-refractivity contribution < 1.29 is 9.90 Å². The number of aromatic carboxylic acids is 1. The van der Waals surface area contributed by atoms with Crippen LogP contribution in [0.5, 0.6) is 0 Å². The first-order valence-corrected chi connectivity index (χ1v) is 9.31. The van der Waals surface area contributed by atoms with E-state index in [0.717, 1.165) is 11.1 Å². The van der Waals surface area contributed by atoms with Gasteiger partial charge in [0.25, 0.3) is 0 Å². The summed E-state index contributed by atoms with van der Waals surface area (Å²) in [7, 11) is 0. The average molecular weight is 348 g/mol. The Bertz CT molecular complexity index is 868. The van der Waals surface area contributed by atoms with Gasteiger partial charge in [-0.15, -0.1) is 0 Å². The highest BCUT2D eigenvalue weighted by Crippen LogP contribution is 2.46. The summed E-state index contributed by atoms with van der Waals surface area (Å²) >= 11 is 0. The normalized spacial score (nSPS) is 18.3. The predicted octanol–water partition coefficient (Wildman–Crippen LogP) is 6.19. The van der Waals surface area contributed by atoms with Crippen molar-refractivity contribution in [3.05, 3.63) is 76.4 Å². The van der Waals surface area contributed by atoms with Crippen molar-refractivity contribution in [3.8, 4) is 0 Å². The van der Waals surface area contributed by atoms with Gasteiger partial charge in [-0.25, -0.2) is 4.79 Å². The van der Waals surface area contributed by atoms with E-state index in [2.05, 4.69) is 52.0 Å². The van der Waals surface area contributed by atoms with E-state index >= 15 is 0 Å². The van der Waals surface area contributed by atoms with E-state index in [9.17, 15) is 4.79 Å². The molecule has 26 heavy (non-hydrogen) atoms. The van der Waals surface area contributed by atoms with Gasteiger partial charge in [0, 0.05) is 0 Å². The first-order chi connectivity index (χ1) is 12.2. The SMILES string of the molecule is C/C=C(/c1ccc(C(=O)O)cc1)c1ccc2c(c1)C(C)(C)CCC2(C)C. The van der Waals surface area contributed by atoms with E-state index in [-0.39, 0.29) is 10.8 Å². The number of allylic oxidation sites excluding steroid dienone is 1. The lowest BCUT2D eigenvalue weighted by atomic mass is 9.63. The minimum absolute atomic E-state index is 0.173. The Morgan fingerprint density at radius 3 is 1.88 bits per heavy atom. The smallest absolute Gasteiger partial charge is 0.335 e. The van der Waals surface area contributed by atoms with E-state index in [0.29, 0.717) is 5.56 Å². The maximum atomic E-state index is 11.1. The second kappa shape index (κ2) is 6.42. The zero-order chi connectivity index (χ0) is 19.1. The van der Waals surface area contributed by atoms with Crippen LogP contribution in [0.25, 0.3) is 5.57 Å². The zero-order valence-electron chi connectivity index (χ0n) is 16.4. The van der Waals surface area contributed by atoms with Crippen molar-refractivity contribution in [1.29, 1.82) is 0 Å². The van der Waals surface area contributed by atoms with Gasteiger partial charge < -0.3 is 5.11 Å². The molecule has 1 N–H and O–H groups in total. The van der Waals surface area contributed by atoms with Gasteiger partial charge in [-0.05, 0) is 70.6 Å². The fraction of sp³-hybridized carbons (Fsp3) is 0.375. The summed E-state index contributed by atoms with van der Waals surface area (Å²) in [6, 6.07) is 14.0. The molecule has 0 saturated carbocycles. The monoisotopic (exact) mass is 348 g/mol. The highest BCUT2D eigenvalue weighted by atomic mass is 16.4. The number of benzene rings is 2. The molecular weight excluding hydrogens is 320 g/mol. The Morgan fingerprint density at radius 1 is 0.846 bits per heavy atom. The second-order valence-electron chi connectivity index (χ2n) is 8.61. The predicted molar refractivity (Wildman–Crippen MR) is 108 cm³/mol. The lowest BCUT2D eigenvalue weighted by Crippen LogP contribution is -2.33. The molecule has 136 valence electrons. The molecule has 0 radical (unpaired) electrons. The first kappa shape index (κ1) is 18.4. The quantitative estimate of drug-likeness (QED) is 0.718. The molecule has 0 atom stereocenters. The van der Waals surface area contributed by atoms with E-state index < -0.39 is 5.97 Å². The third-order valence-corrected chi connectivity index (χ3v) is 5.90.